The molecule has 3 heteroatoms. The Balaban J connectivity index is 2.72. The Hall–Kier alpha value is -2.00. The van der Waals surface area contributed by atoms with Gasteiger partial charge in [0.2, 0.25) is 0 Å². The largest absolute Gasteiger partial charge is 0.476 e. The number of hydrogen-bond acceptors (Lipinski definition) is 3. The summed E-state index contributed by atoms with van der Waals surface area (Å²) >= 11 is 0. The van der Waals surface area contributed by atoms with Crippen LogP contribution < -0.4 is 4.74 Å². The molecule has 0 amide bonds. The first-order valence-electron chi connectivity index (χ1n) is 3.82. The fourth-order valence-corrected chi connectivity index (χ4v) is 0.839. The van der Waals surface area contributed by atoms with Crippen LogP contribution in [0.15, 0.2) is 24.3 Å². The summed E-state index contributed by atoms with van der Waals surface area (Å²) in [5, 5.41) is 17.0. The van der Waals surface area contributed by atoms with Gasteiger partial charge in [-0.1, -0.05) is 0 Å². The Morgan fingerprint density at radius 2 is 1.85 bits per heavy atom. The van der Waals surface area contributed by atoms with Crippen molar-refractivity contribution in [2.24, 2.45) is 0 Å². The monoisotopic (exact) mass is 172 g/mol. The molecule has 0 fully saturated rings. The molecule has 0 bridgehead atoms. The molecule has 1 aromatic rings. The highest BCUT2D eigenvalue weighted by Gasteiger charge is 2.00. The molecule has 0 saturated carbocycles. The first-order chi connectivity index (χ1) is 6.26. The van der Waals surface area contributed by atoms with Crippen molar-refractivity contribution >= 4 is 0 Å². The van der Waals surface area contributed by atoms with Gasteiger partial charge in [0.05, 0.1) is 11.6 Å². The topological polar surface area (TPSA) is 56.8 Å². The van der Waals surface area contributed by atoms with Gasteiger partial charge in [-0.05, 0) is 31.2 Å². The number of nitrogens with zero attached hydrogens (tertiary/aromatic N) is 2. The minimum atomic E-state index is -0.465. The normalized spacial score (nSPS) is 11.0. The molecule has 1 atom stereocenters. The fourth-order valence-electron chi connectivity index (χ4n) is 0.839. The van der Waals surface area contributed by atoms with Crippen LogP contribution in [0.25, 0.3) is 0 Å². The second kappa shape index (κ2) is 4.13. The summed E-state index contributed by atoms with van der Waals surface area (Å²) in [7, 11) is 0. The number of ether oxygens (including phenoxy) is 1. The Morgan fingerprint density at radius 3 is 2.31 bits per heavy atom. The van der Waals surface area contributed by atoms with Gasteiger partial charge >= 0.3 is 0 Å². The van der Waals surface area contributed by atoms with Crippen molar-refractivity contribution in [3.8, 4) is 17.9 Å². The molecule has 64 valence electrons. The van der Waals surface area contributed by atoms with Crippen LogP contribution in [0.1, 0.15) is 12.5 Å². The van der Waals surface area contributed by atoms with Crippen LogP contribution in [-0.4, -0.2) is 6.10 Å². The second-order valence-corrected chi connectivity index (χ2v) is 2.53. The summed E-state index contributed by atoms with van der Waals surface area (Å²) in [6.45, 7) is 1.66. The van der Waals surface area contributed by atoms with Crippen molar-refractivity contribution in [2.75, 3.05) is 0 Å². The van der Waals surface area contributed by atoms with Gasteiger partial charge in [0.15, 0.2) is 6.10 Å². The third-order valence-corrected chi connectivity index (χ3v) is 1.48. The summed E-state index contributed by atoms with van der Waals surface area (Å²) in [5.74, 6) is 0.605. The molecule has 1 unspecified atom stereocenters. The predicted octanol–water partition coefficient (Wildman–Crippen LogP) is 1.85. The molecule has 3 nitrogen and oxygen atoms in total. The van der Waals surface area contributed by atoms with E-state index in [2.05, 4.69) is 0 Å². The Labute approximate surface area is 76.8 Å². The first kappa shape index (κ1) is 9.09. The van der Waals surface area contributed by atoms with Crippen LogP contribution in [-0.2, 0) is 0 Å². The summed E-state index contributed by atoms with van der Waals surface area (Å²) < 4.78 is 5.19. The lowest BCUT2D eigenvalue weighted by Crippen LogP contribution is -2.07. The average molecular weight is 172 g/mol. The highest BCUT2D eigenvalue weighted by atomic mass is 16.5. The molecule has 0 spiro atoms. The van der Waals surface area contributed by atoms with Gasteiger partial charge in [-0.25, -0.2) is 0 Å². The zero-order valence-corrected chi connectivity index (χ0v) is 7.19. The predicted molar refractivity (Wildman–Crippen MR) is 46.9 cm³/mol. The van der Waals surface area contributed by atoms with Gasteiger partial charge in [0, 0.05) is 0 Å². The molecule has 0 radical (unpaired) electrons. The van der Waals surface area contributed by atoms with Crippen molar-refractivity contribution in [2.45, 2.75) is 13.0 Å². The maximum absolute atomic E-state index is 8.51. The van der Waals surface area contributed by atoms with Crippen molar-refractivity contribution < 1.29 is 4.74 Å². The van der Waals surface area contributed by atoms with Crippen molar-refractivity contribution in [1.82, 2.24) is 0 Å². The van der Waals surface area contributed by atoms with Crippen LogP contribution in [0.2, 0.25) is 0 Å². The lowest BCUT2D eigenvalue weighted by atomic mass is 10.2. The molecule has 0 aromatic heterocycles. The van der Waals surface area contributed by atoms with Crippen molar-refractivity contribution in [3.05, 3.63) is 29.8 Å². The van der Waals surface area contributed by atoms with Gasteiger partial charge in [0.1, 0.15) is 11.8 Å². The molecule has 0 N–H and O–H groups in total. The van der Waals surface area contributed by atoms with E-state index in [1.54, 1.807) is 31.2 Å². The van der Waals surface area contributed by atoms with Gasteiger partial charge in [-0.3, -0.25) is 0 Å². The van der Waals surface area contributed by atoms with E-state index in [0.29, 0.717) is 11.3 Å². The maximum Gasteiger partial charge on any atom is 0.181 e. The van der Waals surface area contributed by atoms with Gasteiger partial charge < -0.3 is 4.74 Å². The van der Waals surface area contributed by atoms with E-state index >= 15 is 0 Å². The van der Waals surface area contributed by atoms with E-state index < -0.39 is 6.10 Å². The minimum absolute atomic E-state index is 0.465. The van der Waals surface area contributed by atoms with Gasteiger partial charge in [-0.2, -0.15) is 10.5 Å². The second-order valence-electron chi connectivity index (χ2n) is 2.53. The molecule has 0 aliphatic heterocycles. The van der Waals surface area contributed by atoms with Crippen LogP contribution >= 0.6 is 0 Å². The molecular formula is C10H8N2O. The van der Waals surface area contributed by atoms with E-state index in [-0.39, 0.29) is 0 Å². The maximum atomic E-state index is 8.51. The minimum Gasteiger partial charge on any atom is -0.476 e. The van der Waals surface area contributed by atoms with Crippen LogP contribution in [0, 0.1) is 22.7 Å². The number of nitriles is 2. The summed E-state index contributed by atoms with van der Waals surface area (Å²) in [4.78, 5) is 0. The quantitative estimate of drug-likeness (QED) is 0.684. The molecule has 0 aliphatic carbocycles. The number of rotatable bonds is 2. The van der Waals surface area contributed by atoms with Crippen LogP contribution in [0.4, 0.5) is 0 Å². The van der Waals surface area contributed by atoms with Crippen molar-refractivity contribution in [3.63, 3.8) is 0 Å². The molecular weight excluding hydrogens is 164 g/mol. The SMILES string of the molecule is CC(C#N)Oc1ccc(C#N)cc1. The first-order valence-corrected chi connectivity index (χ1v) is 3.82. The Morgan fingerprint density at radius 1 is 1.23 bits per heavy atom. The highest BCUT2D eigenvalue weighted by Crippen LogP contribution is 2.12. The Kier molecular flexibility index (Phi) is 2.89. The summed E-state index contributed by atoms with van der Waals surface area (Å²) in [5.41, 5.74) is 0.581. The molecule has 1 aromatic carbocycles. The molecule has 1 rings (SSSR count). The van der Waals surface area contributed by atoms with E-state index in [1.165, 1.54) is 0 Å². The number of hydrogen-bond donors (Lipinski definition) is 0. The lowest BCUT2D eigenvalue weighted by molar-refractivity contribution is 0.276. The molecule has 0 saturated heterocycles. The smallest absolute Gasteiger partial charge is 0.181 e. The van der Waals surface area contributed by atoms with E-state index in [1.807, 2.05) is 12.1 Å². The fraction of sp³-hybridized carbons (Fsp3) is 0.200. The molecule has 0 aliphatic rings. The third kappa shape index (κ3) is 2.50. The Bertz CT molecular complexity index is 356. The molecule has 0 heterocycles. The average Bonchev–Trinajstić information content (AvgIpc) is 2.19. The van der Waals surface area contributed by atoms with Crippen molar-refractivity contribution in [1.29, 1.82) is 10.5 Å². The van der Waals surface area contributed by atoms with Gasteiger partial charge in [-0.15, -0.1) is 0 Å². The molecule has 13 heavy (non-hydrogen) atoms. The zero-order valence-electron chi connectivity index (χ0n) is 7.19. The third-order valence-electron chi connectivity index (χ3n) is 1.48. The van der Waals surface area contributed by atoms with E-state index in [9.17, 15) is 0 Å². The standard InChI is InChI=1S/C10H8N2O/c1-8(6-11)13-10-4-2-9(7-12)3-5-10/h2-5,8H,1H3. The summed E-state index contributed by atoms with van der Waals surface area (Å²) in [6, 6.07) is 10.6. The van der Waals surface area contributed by atoms with E-state index in [4.69, 9.17) is 15.3 Å². The van der Waals surface area contributed by atoms with Gasteiger partial charge in [0.25, 0.3) is 0 Å². The highest BCUT2D eigenvalue weighted by molar-refractivity contribution is 5.34. The zero-order chi connectivity index (χ0) is 9.68. The summed E-state index contributed by atoms with van der Waals surface area (Å²) in [6.07, 6.45) is -0.465. The van der Waals surface area contributed by atoms with Crippen LogP contribution in [0.3, 0.4) is 0 Å². The van der Waals surface area contributed by atoms with Crippen LogP contribution in [0.5, 0.6) is 5.75 Å². The van der Waals surface area contributed by atoms with E-state index in [0.717, 1.165) is 0 Å². The lowest BCUT2D eigenvalue weighted by Gasteiger charge is -2.06. The number of benzene rings is 1.